The van der Waals surface area contributed by atoms with Gasteiger partial charge in [-0.2, -0.15) is 0 Å². The third kappa shape index (κ3) is 4.08. The van der Waals surface area contributed by atoms with Crippen molar-refractivity contribution < 1.29 is 14.3 Å². The number of ether oxygens (including phenoxy) is 1. The minimum absolute atomic E-state index is 0.0426. The highest BCUT2D eigenvalue weighted by molar-refractivity contribution is 7.80. The van der Waals surface area contributed by atoms with Gasteiger partial charge < -0.3 is 4.74 Å². The molecule has 1 aliphatic heterocycles. The molecule has 5 nitrogen and oxygen atoms in total. The van der Waals surface area contributed by atoms with Crippen molar-refractivity contribution in [1.82, 2.24) is 10.2 Å². The van der Waals surface area contributed by atoms with E-state index in [1.165, 1.54) is 4.90 Å². The normalized spacial score (nSPS) is 17.7. The van der Waals surface area contributed by atoms with E-state index in [0.717, 1.165) is 17.7 Å². The van der Waals surface area contributed by atoms with Gasteiger partial charge in [-0.25, -0.2) is 0 Å². The molecule has 0 radical (unpaired) electrons. The lowest BCUT2D eigenvalue weighted by atomic mass is 10.1. The van der Waals surface area contributed by atoms with Crippen molar-refractivity contribution in [3.63, 3.8) is 0 Å². The standard InChI is InChI=1S/C18H20N2O3S/c1-4-10-20-17(22)15(16(21)19-18(20)24)11-13-6-8-14(9-7-13)23-12(3)5-2/h4,6-9,11-12H,1,5,10H2,2-3H3,(H,19,21,24)/b15-11+. The van der Waals surface area contributed by atoms with Gasteiger partial charge in [0, 0.05) is 6.54 Å². The Hall–Kier alpha value is -2.47. The zero-order valence-corrected chi connectivity index (χ0v) is 14.6. The molecule has 0 aliphatic carbocycles. The van der Waals surface area contributed by atoms with E-state index < -0.39 is 11.8 Å². The highest BCUT2D eigenvalue weighted by Gasteiger charge is 2.32. The van der Waals surface area contributed by atoms with Crippen molar-refractivity contribution in [3.8, 4) is 5.75 Å². The molecule has 0 aromatic heterocycles. The van der Waals surface area contributed by atoms with Gasteiger partial charge in [0.15, 0.2) is 5.11 Å². The van der Waals surface area contributed by atoms with Crippen LogP contribution in [0, 0.1) is 0 Å². The topological polar surface area (TPSA) is 58.6 Å². The number of benzene rings is 1. The molecule has 126 valence electrons. The second-order valence-corrected chi connectivity index (χ2v) is 5.81. The van der Waals surface area contributed by atoms with Crippen molar-refractivity contribution in [1.29, 1.82) is 0 Å². The summed E-state index contributed by atoms with van der Waals surface area (Å²) in [6, 6.07) is 7.23. The van der Waals surface area contributed by atoms with Gasteiger partial charge in [-0.1, -0.05) is 25.1 Å². The van der Waals surface area contributed by atoms with Crippen molar-refractivity contribution in [2.24, 2.45) is 0 Å². The molecule has 0 spiro atoms. The van der Waals surface area contributed by atoms with Gasteiger partial charge in [0.2, 0.25) is 0 Å². The Morgan fingerprint density at radius 3 is 2.58 bits per heavy atom. The number of carbonyl (C=O) groups excluding carboxylic acids is 2. The Morgan fingerprint density at radius 2 is 2.00 bits per heavy atom. The maximum absolute atomic E-state index is 12.4. The smallest absolute Gasteiger partial charge is 0.265 e. The first-order valence-corrected chi connectivity index (χ1v) is 8.13. The number of thiocarbonyl (C=S) groups is 1. The Balaban J connectivity index is 2.22. The van der Waals surface area contributed by atoms with Gasteiger partial charge in [-0.3, -0.25) is 19.8 Å². The van der Waals surface area contributed by atoms with E-state index in [1.54, 1.807) is 24.3 Å². The van der Waals surface area contributed by atoms with Crippen LogP contribution in [0.1, 0.15) is 25.8 Å². The molecule has 1 unspecified atom stereocenters. The second-order valence-electron chi connectivity index (χ2n) is 5.43. The first kappa shape index (κ1) is 17.9. The Labute approximate surface area is 147 Å². The summed E-state index contributed by atoms with van der Waals surface area (Å²) in [6.45, 7) is 7.89. The third-order valence-corrected chi connectivity index (χ3v) is 3.92. The zero-order valence-electron chi connectivity index (χ0n) is 13.7. The van der Waals surface area contributed by atoms with Gasteiger partial charge in [0.05, 0.1) is 6.10 Å². The van der Waals surface area contributed by atoms with Gasteiger partial charge in [0.1, 0.15) is 11.3 Å². The highest BCUT2D eigenvalue weighted by Crippen LogP contribution is 2.19. The number of nitrogens with zero attached hydrogens (tertiary/aromatic N) is 1. The molecule has 1 aliphatic rings. The lowest BCUT2D eigenvalue weighted by Crippen LogP contribution is -2.53. The number of amides is 2. The van der Waals surface area contributed by atoms with Gasteiger partial charge >= 0.3 is 0 Å². The Kier molecular flexibility index (Phi) is 5.87. The maximum atomic E-state index is 12.4. The summed E-state index contributed by atoms with van der Waals surface area (Å²) in [5.41, 5.74) is 0.775. The molecule has 1 atom stereocenters. The van der Waals surface area contributed by atoms with E-state index in [1.807, 2.05) is 19.1 Å². The van der Waals surface area contributed by atoms with Crippen LogP contribution in [0.15, 0.2) is 42.5 Å². The van der Waals surface area contributed by atoms with Crippen LogP contribution in [0.4, 0.5) is 0 Å². The fourth-order valence-electron chi connectivity index (χ4n) is 2.11. The van der Waals surface area contributed by atoms with Crippen LogP contribution >= 0.6 is 12.2 Å². The number of hydrogen-bond donors (Lipinski definition) is 1. The minimum Gasteiger partial charge on any atom is -0.491 e. The molecule has 1 fully saturated rings. The molecule has 1 aromatic rings. The molecule has 1 heterocycles. The summed E-state index contributed by atoms with van der Waals surface area (Å²) in [5, 5.41) is 2.61. The van der Waals surface area contributed by atoms with E-state index in [4.69, 9.17) is 17.0 Å². The average molecular weight is 344 g/mol. The van der Waals surface area contributed by atoms with E-state index in [2.05, 4.69) is 18.8 Å². The Bertz CT molecular complexity index is 695. The van der Waals surface area contributed by atoms with Crippen LogP contribution in [-0.2, 0) is 9.59 Å². The Morgan fingerprint density at radius 1 is 1.33 bits per heavy atom. The second kappa shape index (κ2) is 7.88. The molecule has 1 aromatic carbocycles. The lowest BCUT2D eigenvalue weighted by molar-refractivity contribution is -0.128. The molecule has 0 saturated carbocycles. The summed E-state index contributed by atoms with van der Waals surface area (Å²) in [4.78, 5) is 25.8. The number of nitrogens with one attached hydrogen (secondary N) is 1. The third-order valence-electron chi connectivity index (χ3n) is 3.60. The van der Waals surface area contributed by atoms with Crippen molar-refractivity contribution >= 4 is 35.2 Å². The van der Waals surface area contributed by atoms with E-state index in [0.29, 0.717) is 0 Å². The van der Waals surface area contributed by atoms with Crippen LogP contribution in [0.3, 0.4) is 0 Å². The summed E-state index contributed by atoms with van der Waals surface area (Å²) >= 11 is 5.01. The van der Waals surface area contributed by atoms with E-state index in [-0.39, 0.29) is 23.3 Å². The van der Waals surface area contributed by atoms with Crippen molar-refractivity contribution in [3.05, 3.63) is 48.1 Å². The quantitative estimate of drug-likeness (QED) is 0.373. The molecule has 0 bridgehead atoms. The summed E-state index contributed by atoms with van der Waals surface area (Å²) in [7, 11) is 0. The van der Waals surface area contributed by atoms with E-state index in [9.17, 15) is 9.59 Å². The maximum Gasteiger partial charge on any atom is 0.265 e. The summed E-state index contributed by atoms with van der Waals surface area (Å²) in [5.74, 6) is -0.172. The summed E-state index contributed by atoms with van der Waals surface area (Å²) in [6.07, 6.45) is 4.15. The largest absolute Gasteiger partial charge is 0.491 e. The fourth-order valence-corrected chi connectivity index (χ4v) is 2.36. The van der Waals surface area contributed by atoms with Crippen LogP contribution in [-0.4, -0.2) is 34.5 Å². The molecular formula is C18H20N2O3S. The fraction of sp³-hybridized carbons (Fsp3) is 0.278. The predicted octanol–water partition coefficient (Wildman–Crippen LogP) is 2.68. The lowest BCUT2D eigenvalue weighted by Gasteiger charge is -2.27. The molecular weight excluding hydrogens is 324 g/mol. The van der Waals surface area contributed by atoms with Crippen molar-refractivity contribution in [2.75, 3.05) is 6.54 Å². The van der Waals surface area contributed by atoms with Crippen LogP contribution < -0.4 is 10.1 Å². The number of hydrogen-bond acceptors (Lipinski definition) is 4. The zero-order chi connectivity index (χ0) is 17.7. The highest BCUT2D eigenvalue weighted by atomic mass is 32.1. The number of rotatable bonds is 6. The molecule has 6 heteroatoms. The summed E-state index contributed by atoms with van der Waals surface area (Å²) < 4.78 is 5.71. The SMILES string of the molecule is C=CCN1C(=O)/C(=C/c2ccc(OC(C)CC)cc2)C(=O)NC1=S. The van der Waals surface area contributed by atoms with E-state index >= 15 is 0 Å². The number of carbonyl (C=O) groups is 2. The molecule has 24 heavy (non-hydrogen) atoms. The molecule has 1 N–H and O–H groups in total. The van der Waals surface area contributed by atoms with Gasteiger partial charge in [-0.15, -0.1) is 6.58 Å². The first-order valence-electron chi connectivity index (χ1n) is 7.72. The molecule has 2 amide bonds. The van der Waals surface area contributed by atoms with Gasteiger partial charge in [0.25, 0.3) is 11.8 Å². The predicted molar refractivity (Wildman–Crippen MR) is 97.5 cm³/mol. The minimum atomic E-state index is -0.495. The monoisotopic (exact) mass is 344 g/mol. The van der Waals surface area contributed by atoms with Crippen molar-refractivity contribution in [2.45, 2.75) is 26.4 Å². The molecule has 1 saturated heterocycles. The first-order chi connectivity index (χ1) is 11.5. The van der Waals surface area contributed by atoms with Crippen LogP contribution in [0.25, 0.3) is 6.08 Å². The van der Waals surface area contributed by atoms with Crippen LogP contribution in [0.5, 0.6) is 5.75 Å². The average Bonchev–Trinajstić information content (AvgIpc) is 2.56. The van der Waals surface area contributed by atoms with Gasteiger partial charge in [-0.05, 0) is 49.3 Å². The molecule has 2 rings (SSSR count). The van der Waals surface area contributed by atoms with Crippen LogP contribution in [0.2, 0.25) is 0 Å².